The fraction of sp³-hybridized carbons (Fsp3) is 0. The van der Waals surface area contributed by atoms with E-state index in [0.29, 0.717) is 5.46 Å². The minimum atomic E-state index is -1.46. The van der Waals surface area contributed by atoms with Crippen LogP contribution in [0.1, 0.15) is 0 Å². The minimum absolute atomic E-state index is 0.503. The molecule has 0 amide bonds. The third kappa shape index (κ3) is 9.57. The lowest BCUT2D eigenvalue weighted by molar-refractivity contribution is 0.426. The Kier molecular flexibility index (Phi) is 13.0. The molecule has 0 atom stereocenters. The quantitative estimate of drug-likeness (QED) is 0.115. The SMILES string of the molecule is Brc1ccc(Nc2ccccc2)cc1.OB(O)c1ccc2c(c1)c1ccccc1n2-c1ccccc1.c1ccc(Nc2ccc(-c3ccc4c(c3)c3ccccc3n4-c3ccccc3)cc2)cc1. The summed E-state index contributed by atoms with van der Waals surface area (Å²) in [6, 6.07) is 87.0. The Morgan fingerprint density at radius 1 is 0.324 bits per heavy atom. The Morgan fingerprint density at radius 3 is 1.18 bits per heavy atom. The maximum atomic E-state index is 9.43. The lowest BCUT2D eigenvalue weighted by Crippen LogP contribution is -2.29. The van der Waals surface area contributed by atoms with Gasteiger partial charge in [0.2, 0.25) is 0 Å². The number of nitrogens with zero attached hydrogens (tertiary/aromatic N) is 2. The maximum Gasteiger partial charge on any atom is 0.488 e. The van der Waals surface area contributed by atoms with E-state index in [0.717, 1.165) is 54.7 Å². The molecular formula is C60H46BBrN4O2. The molecule has 0 bridgehead atoms. The van der Waals surface area contributed by atoms with Crippen molar-refractivity contribution in [1.82, 2.24) is 9.13 Å². The van der Waals surface area contributed by atoms with E-state index in [-0.39, 0.29) is 0 Å². The number of anilines is 4. The second-order valence-corrected chi connectivity index (χ2v) is 17.2. The van der Waals surface area contributed by atoms with Crippen LogP contribution in [0.4, 0.5) is 22.7 Å². The Bertz CT molecular complexity index is 3580. The molecule has 4 N–H and O–H groups in total. The molecule has 12 rings (SSSR count). The Balaban J connectivity index is 0.000000129. The summed E-state index contributed by atoms with van der Waals surface area (Å²) in [7, 11) is -1.46. The normalized spacial score (nSPS) is 10.9. The number of aromatic nitrogens is 2. The van der Waals surface area contributed by atoms with Crippen molar-refractivity contribution in [2.75, 3.05) is 10.6 Å². The van der Waals surface area contributed by atoms with Gasteiger partial charge in [-0.1, -0.05) is 155 Å². The smallest absolute Gasteiger partial charge is 0.423 e. The van der Waals surface area contributed by atoms with Crippen LogP contribution in [0.5, 0.6) is 0 Å². The first-order valence-corrected chi connectivity index (χ1v) is 23.3. The van der Waals surface area contributed by atoms with Crippen molar-refractivity contribution in [2.24, 2.45) is 0 Å². The molecule has 0 saturated heterocycles. The van der Waals surface area contributed by atoms with Crippen LogP contribution in [-0.4, -0.2) is 26.3 Å². The topological polar surface area (TPSA) is 74.4 Å². The predicted molar refractivity (Wildman–Crippen MR) is 290 cm³/mol. The molecule has 0 fully saturated rings. The van der Waals surface area contributed by atoms with Gasteiger partial charge in [0.1, 0.15) is 0 Å². The van der Waals surface area contributed by atoms with E-state index in [1.54, 1.807) is 6.07 Å². The molecule has 0 unspecified atom stereocenters. The van der Waals surface area contributed by atoms with Crippen molar-refractivity contribution >= 4 is 94.9 Å². The molecule has 0 spiro atoms. The highest BCUT2D eigenvalue weighted by Crippen LogP contribution is 2.36. The number of hydrogen-bond acceptors (Lipinski definition) is 4. The zero-order valence-corrected chi connectivity index (χ0v) is 38.6. The van der Waals surface area contributed by atoms with E-state index in [9.17, 15) is 10.0 Å². The lowest BCUT2D eigenvalue weighted by Gasteiger charge is -2.09. The van der Waals surface area contributed by atoms with Crippen molar-refractivity contribution in [3.63, 3.8) is 0 Å². The molecule has 2 heterocycles. The molecule has 0 saturated carbocycles. The highest BCUT2D eigenvalue weighted by molar-refractivity contribution is 9.10. The van der Waals surface area contributed by atoms with Crippen LogP contribution >= 0.6 is 15.9 Å². The Morgan fingerprint density at radius 2 is 0.691 bits per heavy atom. The van der Waals surface area contributed by atoms with Gasteiger partial charge in [0, 0.05) is 60.1 Å². The first-order valence-electron chi connectivity index (χ1n) is 22.5. The highest BCUT2D eigenvalue weighted by Gasteiger charge is 2.17. The molecule has 328 valence electrons. The maximum absolute atomic E-state index is 9.43. The monoisotopic (exact) mass is 944 g/mol. The molecule has 2 aromatic heterocycles. The summed E-state index contributed by atoms with van der Waals surface area (Å²) in [5, 5.41) is 30.3. The lowest BCUT2D eigenvalue weighted by atomic mass is 9.80. The Hall–Kier alpha value is -8.14. The van der Waals surface area contributed by atoms with E-state index in [2.05, 4.69) is 169 Å². The average molecular weight is 946 g/mol. The zero-order chi connectivity index (χ0) is 46.2. The van der Waals surface area contributed by atoms with Crippen LogP contribution in [-0.2, 0) is 0 Å². The summed E-state index contributed by atoms with van der Waals surface area (Å²) in [5.74, 6) is 0. The fourth-order valence-electron chi connectivity index (χ4n) is 8.67. The highest BCUT2D eigenvalue weighted by atomic mass is 79.9. The van der Waals surface area contributed by atoms with Gasteiger partial charge in [-0.25, -0.2) is 0 Å². The second kappa shape index (κ2) is 20.2. The van der Waals surface area contributed by atoms with Crippen molar-refractivity contribution < 1.29 is 10.0 Å². The fourth-order valence-corrected chi connectivity index (χ4v) is 8.93. The second-order valence-electron chi connectivity index (χ2n) is 16.3. The molecule has 0 radical (unpaired) electrons. The van der Waals surface area contributed by atoms with Gasteiger partial charge in [-0.3, -0.25) is 0 Å². The first kappa shape index (κ1) is 43.7. The van der Waals surface area contributed by atoms with Crippen molar-refractivity contribution in [3.8, 4) is 22.5 Å². The van der Waals surface area contributed by atoms with Crippen LogP contribution in [0, 0.1) is 0 Å². The van der Waals surface area contributed by atoms with Crippen molar-refractivity contribution in [1.29, 1.82) is 0 Å². The van der Waals surface area contributed by atoms with Crippen LogP contribution in [0.25, 0.3) is 66.1 Å². The van der Waals surface area contributed by atoms with E-state index in [1.807, 2.05) is 115 Å². The molecule has 12 aromatic rings. The molecule has 0 aliphatic carbocycles. The number of para-hydroxylation sites is 6. The van der Waals surface area contributed by atoms with Crippen LogP contribution < -0.4 is 16.1 Å². The van der Waals surface area contributed by atoms with Gasteiger partial charge in [0.25, 0.3) is 0 Å². The number of fused-ring (bicyclic) bond motifs is 6. The summed E-state index contributed by atoms with van der Waals surface area (Å²) >= 11 is 3.40. The molecule has 6 nitrogen and oxygen atoms in total. The predicted octanol–water partition coefficient (Wildman–Crippen LogP) is 14.9. The van der Waals surface area contributed by atoms with Gasteiger partial charge >= 0.3 is 7.12 Å². The van der Waals surface area contributed by atoms with Gasteiger partial charge in [0.05, 0.1) is 22.1 Å². The molecule has 8 heteroatoms. The van der Waals surface area contributed by atoms with Crippen molar-refractivity contribution in [3.05, 3.63) is 259 Å². The standard InChI is InChI=1S/C30H22N2.C18H14BNO2.C12H10BrN/c1-3-9-24(10-4-1)31-25-18-15-22(16-19-25)23-17-20-30-28(21-23)27-13-7-8-14-29(27)32(30)26-11-5-2-6-12-26;21-19(22)13-10-11-18-16(12-13)15-8-4-5-9-17(15)20(18)14-6-2-1-3-7-14;13-10-6-8-12(9-7-10)14-11-4-2-1-3-5-11/h1-21,31H;1-12,21-22H;1-9,14H. The number of halogens is 1. The van der Waals surface area contributed by atoms with Gasteiger partial charge in [-0.15, -0.1) is 0 Å². The summed E-state index contributed by atoms with van der Waals surface area (Å²) in [4.78, 5) is 0. The van der Waals surface area contributed by atoms with Gasteiger partial charge in [-0.2, -0.15) is 0 Å². The Labute approximate surface area is 404 Å². The summed E-state index contributed by atoms with van der Waals surface area (Å²) < 4.78 is 5.63. The minimum Gasteiger partial charge on any atom is -0.423 e. The molecular weight excluding hydrogens is 899 g/mol. The number of hydrogen-bond donors (Lipinski definition) is 4. The molecule has 10 aromatic carbocycles. The number of nitrogens with one attached hydrogen (secondary N) is 2. The van der Waals surface area contributed by atoms with E-state index in [1.165, 1.54) is 38.6 Å². The molecule has 68 heavy (non-hydrogen) atoms. The first-order chi connectivity index (χ1) is 33.5. The van der Waals surface area contributed by atoms with Crippen LogP contribution in [0.3, 0.4) is 0 Å². The largest absolute Gasteiger partial charge is 0.488 e. The van der Waals surface area contributed by atoms with Gasteiger partial charge in [0.15, 0.2) is 0 Å². The third-order valence-electron chi connectivity index (χ3n) is 11.9. The van der Waals surface area contributed by atoms with Crippen LogP contribution in [0.2, 0.25) is 0 Å². The zero-order valence-electron chi connectivity index (χ0n) is 37.0. The summed E-state index contributed by atoms with van der Waals surface area (Å²) in [6.45, 7) is 0. The average Bonchev–Trinajstić information content (AvgIpc) is 3.91. The van der Waals surface area contributed by atoms with Gasteiger partial charge in [-0.05, 0) is 132 Å². The summed E-state index contributed by atoms with van der Waals surface area (Å²) in [6.07, 6.45) is 0. The summed E-state index contributed by atoms with van der Waals surface area (Å²) in [5.41, 5.74) is 14.2. The third-order valence-corrected chi connectivity index (χ3v) is 12.4. The molecule has 0 aliphatic rings. The molecule has 0 aliphatic heterocycles. The van der Waals surface area contributed by atoms with E-state index >= 15 is 0 Å². The van der Waals surface area contributed by atoms with E-state index in [4.69, 9.17) is 0 Å². The van der Waals surface area contributed by atoms with E-state index < -0.39 is 7.12 Å². The number of benzene rings is 10. The number of rotatable bonds is 8. The van der Waals surface area contributed by atoms with Crippen molar-refractivity contribution in [2.45, 2.75) is 0 Å². The van der Waals surface area contributed by atoms with Crippen LogP contribution in [0.15, 0.2) is 259 Å². The van der Waals surface area contributed by atoms with Gasteiger partial charge < -0.3 is 29.8 Å².